The number of hydrogen-bond acceptors (Lipinski definition) is 2. The third-order valence-electron chi connectivity index (χ3n) is 1.61. The minimum Gasteiger partial charge on any atom is -0.487 e. The van der Waals surface area contributed by atoms with Crippen molar-refractivity contribution in [1.82, 2.24) is 0 Å². The van der Waals surface area contributed by atoms with E-state index in [2.05, 4.69) is 11.9 Å². The van der Waals surface area contributed by atoms with Gasteiger partial charge in [0.25, 0.3) is 0 Å². The van der Waals surface area contributed by atoms with E-state index >= 15 is 0 Å². The standard InChI is InChI=1S/C11H12ClNO2/c1-3-6-15-11-5-4-9(12)7-10(11)13-8(2)14/h3-5,7H,1,6H2,2H3,(H,13,14). The van der Waals surface area contributed by atoms with Crippen molar-refractivity contribution in [2.75, 3.05) is 11.9 Å². The summed E-state index contributed by atoms with van der Waals surface area (Å²) < 4.78 is 5.35. The highest BCUT2D eigenvalue weighted by Gasteiger charge is 2.05. The summed E-state index contributed by atoms with van der Waals surface area (Å²) in [6, 6.07) is 5.05. The van der Waals surface area contributed by atoms with E-state index in [0.29, 0.717) is 23.1 Å². The van der Waals surface area contributed by atoms with Crippen LogP contribution in [-0.4, -0.2) is 12.5 Å². The van der Waals surface area contributed by atoms with Gasteiger partial charge in [0, 0.05) is 11.9 Å². The van der Waals surface area contributed by atoms with Crippen LogP contribution >= 0.6 is 11.6 Å². The third-order valence-corrected chi connectivity index (χ3v) is 1.84. The van der Waals surface area contributed by atoms with Crippen molar-refractivity contribution in [3.05, 3.63) is 35.9 Å². The summed E-state index contributed by atoms with van der Waals surface area (Å²) in [4.78, 5) is 10.9. The summed E-state index contributed by atoms with van der Waals surface area (Å²) in [5.74, 6) is 0.412. The van der Waals surface area contributed by atoms with Crippen LogP contribution in [0.3, 0.4) is 0 Å². The Balaban J connectivity index is 2.91. The molecule has 4 heteroatoms. The van der Waals surface area contributed by atoms with Gasteiger partial charge < -0.3 is 10.1 Å². The van der Waals surface area contributed by atoms with Crippen molar-refractivity contribution in [3.8, 4) is 5.75 Å². The van der Waals surface area contributed by atoms with Crippen LogP contribution in [0.25, 0.3) is 0 Å². The molecule has 0 bridgehead atoms. The zero-order valence-electron chi connectivity index (χ0n) is 8.42. The van der Waals surface area contributed by atoms with E-state index in [9.17, 15) is 4.79 Å². The average molecular weight is 226 g/mol. The predicted molar refractivity (Wildman–Crippen MR) is 61.4 cm³/mol. The smallest absolute Gasteiger partial charge is 0.221 e. The Bertz CT molecular complexity index is 377. The summed E-state index contributed by atoms with van der Waals surface area (Å²) >= 11 is 5.81. The summed E-state index contributed by atoms with van der Waals surface area (Å²) in [5.41, 5.74) is 0.567. The lowest BCUT2D eigenvalue weighted by atomic mass is 10.3. The molecule has 1 aromatic carbocycles. The quantitative estimate of drug-likeness (QED) is 0.801. The Morgan fingerprint density at radius 1 is 1.67 bits per heavy atom. The van der Waals surface area contributed by atoms with Gasteiger partial charge >= 0.3 is 0 Å². The van der Waals surface area contributed by atoms with Gasteiger partial charge in [0.1, 0.15) is 12.4 Å². The van der Waals surface area contributed by atoms with Crippen LogP contribution in [0.4, 0.5) is 5.69 Å². The molecule has 0 heterocycles. The maximum absolute atomic E-state index is 10.9. The number of carbonyl (C=O) groups excluding carboxylic acids is 1. The van der Waals surface area contributed by atoms with Gasteiger partial charge in [-0.1, -0.05) is 24.3 Å². The molecule has 0 atom stereocenters. The minimum absolute atomic E-state index is 0.166. The van der Waals surface area contributed by atoms with E-state index < -0.39 is 0 Å². The minimum atomic E-state index is -0.166. The fourth-order valence-electron chi connectivity index (χ4n) is 1.06. The Kier molecular flexibility index (Phi) is 4.18. The number of anilines is 1. The first-order valence-corrected chi connectivity index (χ1v) is 4.82. The van der Waals surface area contributed by atoms with E-state index in [1.807, 2.05) is 0 Å². The molecule has 1 rings (SSSR count). The Morgan fingerprint density at radius 2 is 2.40 bits per heavy atom. The molecule has 0 radical (unpaired) electrons. The van der Waals surface area contributed by atoms with Crippen LogP contribution in [-0.2, 0) is 4.79 Å². The molecule has 15 heavy (non-hydrogen) atoms. The molecule has 0 aliphatic rings. The zero-order valence-corrected chi connectivity index (χ0v) is 9.17. The second-order valence-electron chi connectivity index (χ2n) is 2.92. The highest BCUT2D eigenvalue weighted by molar-refractivity contribution is 6.31. The average Bonchev–Trinajstić information content (AvgIpc) is 2.16. The first-order valence-electron chi connectivity index (χ1n) is 4.44. The van der Waals surface area contributed by atoms with E-state index in [4.69, 9.17) is 16.3 Å². The fourth-order valence-corrected chi connectivity index (χ4v) is 1.24. The summed E-state index contributed by atoms with van der Waals surface area (Å²) in [6.07, 6.45) is 1.63. The molecule has 1 aromatic rings. The Labute approximate surface area is 93.7 Å². The van der Waals surface area contributed by atoms with E-state index in [1.165, 1.54) is 6.92 Å². The van der Waals surface area contributed by atoms with Crippen molar-refractivity contribution in [2.24, 2.45) is 0 Å². The highest BCUT2D eigenvalue weighted by atomic mass is 35.5. The molecule has 1 N–H and O–H groups in total. The summed E-state index contributed by atoms with van der Waals surface area (Å²) in [6.45, 7) is 5.36. The second-order valence-corrected chi connectivity index (χ2v) is 3.36. The maximum Gasteiger partial charge on any atom is 0.221 e. The summed E-state index contributed by atoms with van der Waals surface area (Å²) in [5, 5.41) is 3.19. The van der Waals surface area contributed by atoms with Crippen molar-refractivity contribution in [1.29, 1.82) is 0 Å². The van der Waals surface area contributed by atoms with Gasteiger partial charge in [0.2, 0.25) is 5.91 Å². The number of ether oxygens (including phenoxy) is 1. The molecule has 3 nitrogen and oxygen atoms in total. The number of rotatable bonds is 4. The van der Waals surface area contributed by atoms with Crippen molar-refractivity contribution in [3.63, 3.8) is 0 Å². The van der Waals surface area contributed by atoms with Crippen LogP contribution in [0.2, 0.25) is 5.02 Å². The monoisotopic (exact) mass is 225 g/mol. The molecule has 0 aromatic heterocycles. The van der Waals surface area contributed by atoms with Gasteiger partial charge in [0.15, 0.2) is 0 Å². The van der Waals surface area contributed by atoms with Crippen molar-refractivity contribution in [2.45, 2.75) is 6.92 Å². The van der Waals surface area contributed by atoms with Gasteiger partial charge in [-0.15, -0.1) is 0 Å². The number of benzene rings is 1. The highest BCUT2D eigenvalue weighted by Crippen LogP contribution is 2.27. The van der Waals surface area contributed by atoms with Crippen molar-refractivity contribution >= 4 is 23.2 Å². The second kappa shape index (κ2) is 5.41. The van der Waals surface area contributed by atoms with Crippen molar-refractivity contribution < 1.29 is 9.53 Å². The molecular formula is C11H12ClNO2. The Morgan fingerprint density at radius 3 is 3.00 bits per heavy atom. The van der Waals surface area contributed by atoms with Crippen LogP contribution in [0, 0.1) is 0 Å². The lowest BCUT2D eigenvalue weighted by Crippen LogP contribution is -2.07. The molecule has 80 valence electrons. The molecule has 1 amide bonds. The lowest BCUT2D eigenvalue weighted by Gasteiger charge is -2.10. The van der Waals surface area contributed by atoms with Gasteiger partial charge in [-0.25, -0.2) is 0 Å². The molecule has 0 aliphatic heterocycles. The van der Waals surface area contributed by atoms with Gasteiger partial charge in [-0.05, 0) is 18.2 Å². The first kappa shape index (κ1) is 11.6. The predicted octanol–water partition coefficient (Wildman–Crippen LogP) is 2.86. The van der Waals surface area contributed by atoms with Gasteiger partial charge in [-0.3, -0.25) is 4.79 Å². The normalized spacial score (nSPS) is 9.47. The van der Waals surface area contributed by atoms with Crippen LogP contribution < -0.4 is 10.1 Å². The van der Waals surface area contributed by atoms with E-state index in [0.717, 1.165) is 0 Å². The number of halogens is 1. The number of amides is 1. The van der Waals surface area contributed by atoms with Crippen LogP contribution in [0.15, 0.2) is 30.9 Å². The number of hydrogen-bond donors (Lipinski definition) is 1. The summed E-state index contributed by atoms with van der Waals surface area (Å²) in [7, 11) is 0. The van der Waals surface area contributed by atoms with E-state index in [-0.39, 0.29) is 5.91 Å². The SMILES string of the molecule is C=CCOc1ccc(Cl)cc1NC(C)=O. The largest absolute Gasteiger partial charge is 0.487 e. The molecule has 0 fully saturated rings. The van der Waals surface area contributed by atoms with Gasteiger partial charge in [0.05, 0.1) is 5.69 Å². The van der Waals surface area contributed by atoms with Gasteiger partial charge in [-0.2, -0.15) is 0 Å². The molecule has 0 spiro atoms. The third kappa shape index (κ3) is 3.64. The lowest BCUT2D eigenvalue weighted by molar-refractivity contribution is -0.114. The molecule has 0 aliphatic carbocycles. The number of carbonyl (C=O) groups is 1. The first-order chi connectivity index (χ1) is 7.13. The maximum atomic E-state index is 10.9. The molecule has 0 saturated carbocycles. The molecule has 0 unspecified atom stereocenters. The number of nitrogens with one attached hydrogen (secondary N) is 1. The van der Waals surface area contributed by atoms with Crippen LogP contribution in [0.1, 0.15) is 6.92 Å². The van der Waals surface area contributed by atoms with Crippen LogP contribution in [0.5, 0.6) is 5.75 Å². The zero-order chi connectivity index (χ0) is 11.3. The van der Waals surface area contributed by atoms with E-state index in [1.54, 1.807) is 24.3 Å². The fraction of sp³-hybridized carbons (Fsp3) is 0.182. The molecular weight excluding hydrogens is 214 g/mol. The Hall–Kier alpha value is -1.48. The topological polar surface area (TPSA) is 38.3 Å². The molecule has 0 saturated heterocycles.